The fourth-order valence-corrected chi connectivity index (χ4v) is 4.80. The van der Waals surface area contributed by atoms with E-state index < -0.39 is 0 Å². The molecule has 1 aliphatic heterocycles. The van der Waals surface area contributed by atoms with E-state index >= 15 is 0 Å². The molecule has 1 aliphatic carbocycles. The quantitative estimate of drug-likeness (QED) is 0.370. The Kier molecular flexibility index (Phi) is 6.44. The van der Waals surface area contributed by atoms with Crippen molar-refractivity contribution in [3.8, 4) is 0 Å². The molecular formula is C30H27N3O4. The van der Waals surface area contributed by atoms with Gasteiger partial charge in [-0.15, -0.1) is 0 Å². The van der Waals surface area contributed by atoms with Gasteiger partial charge in [0.1, 0.15) is 0 Å². The first-order valence-corrected chi connectivity index (χ1v) is 12.2. The van der Waals surface area contributed by atoms with E-state index in [2.05, 4.69) is 10.6 Å². The lowest BCUT2D eigenvalue weighted by atomic mass is 9.82. The van der Waals surface area contributed by atoms with E-state index in [0.29, 0.717) is 41.0 Å². The van der Waals surface area contributed by atoms with Gasteiger partial charge in [-0.05, 0) is 87.4 Å². The number of amides is 4. The molecule has 0 saturated carbocycles. The van der Waals surface area contributed by atoms with E-state index in [9.17, 15) is 19.2 Å². The first-order chi connectivity index (χ1) is 17.8. The Balaban J connectivity index is 1.21. The van der Waals surface area contributed by atoms with E-state index in [1.165, 1.54) is 4.90 Å². The zero-order chi connectivity index (χ0) is 26.1. The smallest absolute Gasteiger partial charge is 0.255 e. The van der Waals surface area contributed by atoms with Crippen molar-refractivity contribution < 1.29 is 19.2 Å². The number of hydrogen-bond donors (Lipinski definition) is 2. The number of fused-ring (bicyclic) bond motifs is 1. The highest BCUT2D eigenvalue weighted by Crippen LogP contribution is 2.39. The van der Waals surface area contributed by atoms with Gasteiger partial charge in [0.2, 0.25) is 11.8 Å². The molecule has 7 heteroatoms. The van der Waals surface area contributed by atoms with Crippen molar-refractivity contribution in [3.05, 3.63) is 101 Å². The van der Waals surface area contributed by atoms with Crippen LogP contribution in [0.3, 0.4) is 0 Å². The maximum atomic E-state index is 12.9. The fourth-order valence-electron chi connectivity index (χ4n) is 4.80. The van der Waals surface area contributed by atoms with Crippen LogP contribution in [0.2, 0.25) is 0 Å². The van der Waals surface area contributed by atoms with Gasteiger partial charge in [0.15, 0.2) is 0 Å². The van der Waals surface area contributed by atoms with Crippen molar-refractivity contribution in [1.29, 1.82) is 0 Å². The van der Waals surface area contributed by atoms with E-state index in [-0.39, 0.29) is 35.5 Å². The van der Waals surface area contributed by atoms with Gasteiger partial charge >= 0.3 is 0 Å². The number of nitrogens with one attached hydrogen (secondary N) is 2. The number of rotatable bonds is 5. The summed E-state index contributed by atoms with van der Waals surface area (Å²) in [6.07, 6.45) is 3.24. The number of imide groups is 1. The molecule has 2 N–H and O–H groups in total. The molecule has 0 radical (unpaired) electrons. The molecule has 2 aliphatic rings. The van der Waals surface area contributed by atoms with Crippen molar-refractivity contribution in [1.82, 2.24) is 0 Å². The first-order valence-electron chi connectivity index (χ1n) is 12.2. The number of hydrogen-bond acceptors (Lipinski definition) is 4. The summed E-state index contributed by atoms with van der Waals surface area (Å²) in [6, 6.07) is 20.6. The molecule has 186 valence electrons. The molecule has 3 aromatic rings. The number of allylic oxidation sites excluding steroid dienone is 2. The zero-order valence-electron chi connectivity index (χ0n) is 20.7. The molecule has 5 rings (SSSR count). The highest BCUT2D eigenvalue weighted by Gasteiger charge is 2.48. The minimum absolute atomic E-state index is 0.172. The second-order valence-electron chi connectivity index (χ2n) is 9.61. The van der Waals surface area contributed by atoms with Crippen LogP contribution >= 0.6 is 0 Å². The van der Waals surface area contributed by atoms with Gasteiger partial charge in [0.25, 0.3) is 11.8 Å². The standard InChI is InChI=1S/C30H27N3O4/c1-18-3-6-20(7-4-18)27(34)31-22-10-12-23(13-11-22)32-28(35)21-8-14-24(15-9-21)33-29(36)25-16-5-19(2)17-26(25)30(33)37/h3-15,25-26H,16-17H2,1-2H3,(H,31,34)(H,32,35)/t25-,26-/m0/s1. The molecule has 7 nitrogen and oxygen atoms in total. The van der Waals surface area contributed by atoms with Crippen molar-refractivity contribution >= 4 is 40.7 Å². The van der Waals surface area contributed by atoms with Crippen molar-refractivity contribution in [2.75, 3.05) is 15.5 Å². The fraction of sp³-hybridized carbons (Fsp3) is 0.200. The lowest BCUT2D eigenvalue weighted by molar-refractivity contribution is -0.122. The number of carbonyl (C=O) groups excluding carboxylic acids is 4. The van der Waals surface area contributed by atoms with Gasteiger partial charge in [-0.25, -0.2) is 0 Å². The predicted octanol–water partition coefficient (Wildman–Crippen LogP) is 5.35. The maximum Gasteiger partial charge on any atom is 0.255 e. The summed E-state index contributed by atoms with van der Waals surface area (Å²) < 4.78 is 0. The van der Waals surface area contributed by atoms with Crippen LogP contribution in [0.25, 0.3) is 0 Å². The van der Waals surface area contributed by atoms with Gasteiger partial charge in [0, 0.05) is 22.5 Å². The molecule has 0 spiro atoms. The van der Waals surface area contributed by atoms with Crippen LogP contribution in [0.5, 0.6) is 0 Å². The summed E-state index contributed by atoms with van der Waals surface area (Å²) in [6.45, 7) is 3.95. The van der Waals surface area contributed by atoms with Crippen molar-refractivity contribution in [2.24, 2.45) is 11.8 Å². The van der Waals surface area contributed by atoms with E-state index in [1.54, 1.807) is 60.7 Å². The Hall–Kier alpha value is -4.52. The monoisotopic (exact) mass is 493 g/mol. The molecule has 4 amide bonds. The highest BCUT2D eigenvalue weighted by atomic mass is 16.2. The van der Waals surface area contributed by atoms with E-state index in [4.69, 9.17) is 0 Å². The molecule has 3 aromatic carbocycles. The third kappa shape index (κ3) is 4.93. The summed E-state index contributed by atoms with van der Waals surface area (Å²) in [5, 5.41) is 5.66. The number of anilines is 3. The molecule has 1 fully saturated rings. The summed E-state index contributed by atoms with van der Waals surface area (Å²) >= 11 is 0. The summed E-state index contributed by atoms with van der Waals surface area (Å²) in [7, 11) is 0. The van der Waals surface area contributed by atoms with Gasteiger partial charge in [-0.2, -0.15) is 0 Å². The van der Waals surface area contributed by atoms with Gasteiger partial charge in [-0.1, -0.05) is 29.3 Å². The van der Waals surface area contributed by atoms with Crippen LogP contribution < -0.4 is 15.5 Å². The molecule has 1 heterocycles. The Bertz CT molecular complexity index is 1410. The highest BCUT2D eigenvalue weighted by molar-refractivity contribution is 6.22. The van der Waals surface area contributed by atoms with Gasteiger partial charge in [-0.3, -0.25) is 24.1 Å². The van der Waals surface area contributed by atoms with Crippen LogP contribution in [0.4, 0.5) is 17.1 Å². The van der Waals surface area contributed by atoms with Crippen LogP contribution in [0.1, 0.15) is 46.0 Å². The van der Waals surface area contributed by atoms with E-state index in [1.807, 2.05) is 32.1 Å². The normalized spacial score (nSPS) is 18.8. The summed E-state index contributed by atoms with van der Waals surface area (Å²) in [5.74, 6) is -1.48. The number of carbonyl (C=O) groups is 4. The molecule has 2 atom stereocenters. The lowest BCUT2D eigenvalue weighted by Crippen LogP contribution is -2.30. The van der Waals surface area contributed by atoms with E-state index in [0.717, 1.165) is 11.1 Å². The average Bonchev–Trinajstić information content (AvgIpc) is 3.14. The number of aryl methyl sites for hydroxylation is 1. The second-order valence-corrected chi connectivity index (χ2v) is 9.61. The van der Waals surface area contributed by atoms with Crippen LogP contribution in [0, 0.1) is 18.8 Å². The summed E-state index contributed by atoms with van der Waals surface area (Å²) in [5.41, 5.74) is 4.83. The predicted molar refractivity (Wildman–Crippen MR) is 142 cm³/mol. The Morgan fingerprint density at radius 2 is 1.19 bits per heavy atom. The molecule has 37 heavy (non-hydrogen) atoms. The van der Waals surface area contributed by atoms with Crippen LogP contribution in [-0.4, -0.2) is 23.6 Å². The molecule has 0 bridgehead atoms. The van der Waals surface area contributed by atoms with Crippen LogP contribution in [-0.2, 0) is 9.59 Å². The minimum atomic E-state index is -0.324. The largest absolute Gasteiger partial charge is 0.322 e. The lowest BCUT2D eigenvalue weighted by Gasteiger charge is -2.18. The molecule has 0 aromatic heterocycles. The third-order valence-electron chi connectivity index (χ3n) is 6.93. The molecule has 0 unspecified atom stereocenters. The minimum Gasteiger partial charge on any atom is -0.322 e. The van der Waals surface area contributed by atoms with Gasteiger partial charge < -0.3 is 10.6 Å². The van der Waals surface area contributed by atoms with Crippen molar-refractivity contribution in [2.45, 2.75) is 26.7 Å². The summed E-state index contributed by atoms with van der Waals surface area (Å²) in [4.78, 5) is 52.2. The third-order valence-corrected chi connectivity index (χ3v) is 6.93. The van der Waals surface area contributed by atoms with Crippen LogP contribution in [0.15, 0.2) is 84.4 Å². The molecule has 1 saturated heterocycles. The number of benzene rings is 3. The Morgan fingerprint density at radius 1 is 0.703 bits per heavy atom. The Labute approximate surface area is 215 Å². The maximum absolute atomic E-state index is 12.9. The topological polar surface area (TPSA) is 95.6 Å². The molecular weight excluding hydrogens is 466 g/mol. The first kappa shape index (κ1) is 24.2. The Morgan fingerprint density at radius 3 is 1.73 bits per heavy atom. The van der Waals surface area contributed by atoms with Crippen molar-refractivity contribution in [3.63, 3.8) is 0 Å². The average molecular weight is 494 g/mol. The zero-order valence-corrected chi connectivity index (χ0v) is 20.7. The SMILES string of the molecule is CC1=CC[C@@H]2C(=O)N(c3ccc(C(=O)Nc4ccc(NC(=O)c5ccc(C)cc5)cc4)cc3)C(=O)[C@H]2C1. The van der Waals surface area contributed by atoms with Gasteiger partial charge in [0.05, 0.1) is 17.5 Å². The second kappa shape index (κ2) is 9.85. The number of nitrogens with zero attached hydrogens (tertiary/aromatic N) is 1.